The molecule has 5 heterocycles. The van der Waals surface area contributed by atoms with E-state index in [9.17, 15) is 4.79 Å². The monoisotopic (exact) mass is 394 g/mol. The van der Waals surface area contributed by atoms with Crippen molar-refractivity contribution in [3.63, 3.8) is 0 Å². The molecule has 4 aliphatic rings. The van der Waals surface area contributed by atoms with Crippen LogP contribution in [-0.2, 0) is 16.6 Å². The summed E-state index contributed by atoms with van der Waals surface area (Å²) in [4.78, 5) is 18.2. The number of amides is 1. The Bertz CT molecular complexity index is 858. The average molecular weight is 395 g/mol. The van der Waals surface area contributed by atoms with Gasteiger partial charge in [0.1, 0.15) is 5.76 Å². The number of nitrogens with one attached hydrogen (secondary N) is 1. The number of fused-ring (bicyclic) bond motifs is 1. The van der Waals surface area contributed by atoms with E-state index in [4.69, 9.17) is 4.52 Å². The van der Waals surface area contributed by atoms with Crippen LogP contribution in [0.3, 0.4) is 0 Å². The molecule has 1 aromatic carbocycles. The van der Waals surface area contributed by atoms with E-state index >= 15 is 0 Å². The summed E-state index contributed by atoms with van der Waals surface area (Å²) in [5.74, 6) is 1.44. The number of hydrogen-bond donors (Lipinski definition) is 1. The van der Waals surface area contributed by atoms with Gasteiger partial charge in [0.05, 0.1) is 5.69 Å². The SMILES string of the molecule is Cc1noc(C)c1CCC(=O)NC1C2CN3CCN(C2)CC1(c1ccccc1)C3. The number of nitrogens with zero attached hydrogens (tertiary/aromatic N) is 3. The summed E-state index contributed by atoms with van der Waals surface area (Å²) in [7, 11) is 0. The number of carbonyl (C=O) groups excluding carboxylic acids is 1. The molecule has 6 heteroatoms. The van der Waals surface area contributed by atoms with Crippen LogP contribution in [-0.4, -0.2) is 66.2 Å². The molecule has 3 atom stereocenters. The zero-order valence-corrected chi connectivity index (χ0v) is 17.4. The lowest BCUT2D eigenvalue weighted by Crippen LogP contribution is -2.70. The summed E-state index contributed by atoms with van der Waals surface area (Å²) in [5, 5.41) is 7.50. The van der Waals surface area contributed by atoms with E-state index < -0.39 is 0 Å². The van der Waals surface area contributed by atoms with Crippen LogP contribution in [0.25, 0.3) is 0 Å². The molecule has 154 valence electrons. The van der Waals surface area contributed by atoms with Gasteiger partial charge in [-0.25, -0.2) is 0 Å². The maximum Gasteiger partial charge on any atom is 0.220 e. The fourth-order valence-corrected chi connectivity index (χ4v) is 5.91. The molecule has 2 aromatic rings. The molecule has 0 aliphatic carbocycles. The standard InChI is InChI=1S/C23H30N4O2/c1-16-20(17(2)29-25-16)8-9-21(28)24-22-18-12-26-10-11-27(13-18)15-23(22,14-26)19-6-4-3-5-7-19/h3-7,18,22H,8-15H2,1-2H3,(H,24,28). The molecule has 1 aromatic heterocycles. The van der Waals surface area contributed by atoms with Crippen molar-refractivity contribution in [1.82, 2.24) is 20.3 Å². The molecule has 3 unspecified atom stereocenters. The minimum Gasteiger partial charge on any atom is -0.361 e. The van der Waals surface area contributed by atoms with Crippen LogP contribution in [0.2, 0.25) is 0 Å². The van der Waals surface area contributed by atoms with Gasteiger partial charge in [-0.1, -0.05) is 35.5 Å². The highest BCUT2D eigenvalue weighted by Gasteiger charge is 2.55. The van der Waals surface area contributed by atoms with Crippen LogP contribution in [0.1, 0.15) is 29.0 Å². The Labute approximate surface area is 172 Å². The predicted molar refractivity (Wildman–Crippen MR) is 111 cm³/mol. The Morgan fingerprint density at radius 2 is 1.86 bits per heavy atom. The van der Waals surface area contributed by atoms with Crippen molar-refractivity contribution in [2.24, 2.45) is 5.92 Å². The van der Waals surface area contributed by atoms with Crippen LogP contribution in [0, 0.1) is 19.8 Å². The van der Waals surface area contributed by atoms with Gasteiger partial charge in [0.2, 0.25) is 5.91 Å². The Hall–Kier alpha value is -2.18. The first-order valence-electron chi connectivity index (χ1n) is 10.8. The molecule has 4 bridgehead atoms. The lowest BCUT2D eigenvalue weighted by atomic mass is 9.64. The number of carbonyl (C=O) groups is 1. The van der Waals surface area contributed by atoms with Crippen molar-refractivity contribution in [2.45, 2.75) is 38.1 Å². The first-order valence-corrected chi connectivity index (χ1v) is 10.8. The van der Waals surface area contributed by atoms with Crippen molar-refractivity contribution < 1.29 is 9.32 Å². The number of aromatic nitrogens is 1. The molecule has 0 spiro atoms. The summed E-state index contributed by atoms with van der Waals surface area (Å²) in [6.07, 6.45) is 1.16. The summed E-state index contributed by atoms with van der Waals surface area (Å²) in [6, 6.07) is 11.0. The van der Waals surface area contributed by atoms with Gasteiger partial charge in [-0.2, -0.15) is 0 Å². The maximum absolute atomic E-state index is 13.0. The van der Waals surface area contributed by atoms with Gasteiger partial charge in [0.25, 0.3) is 0 Å². The van der Waals surface area contributed by atoms with E-state index in [1.807, 2.05) is 13.8 Å². The van der Waals surface area contributed by atoms with E-state index in [-0.39, 0.29) is 17.4 Å². The van der Waals surface area contributed by atoms with E-state index in [1.54, 1.807) is 0 Å². The zero-order valence-electron chi connectivity index (χ0n) is 17.4. The lowest BCUT2D eigenvalue weighted by Gasteiger charge is -2.55. The third-order valence-electron chi connectivity index (χ3n) is 7.24. The molecule has 0 radical (unpaired) electrons. The Kier molecular flexibility index (Phi) is 4.71. The van der Waals surface area contributed by atoms with Gasteiger partial charge in [-0.3, -0.25) is 4.79 Å². The van der Waals surface area contributed by atoms with Crippen molar-refractivity contribution >= 4 is 5.91 Å². The molecule has 4 aliphatic heterocycles. The number of hydrogen-bond acceptors (Lipinski definition) is 5. The van der Waals surface area contributed by atoms with Crippen molar-refractivity contribution in [3.8, 4) is 0 Å². The number of rotatable bonds is 5. The fraction of sp³-hybridized carbons (Fsp3) is 0.565. The third kappa shape index (κ3) is 3.28. The highest BCUT2D eigenvalue weighted by molar-refractivity contribution is 5.77. The van der Waals surface area contributed by atoms with Crippen LogP contribution in [0.4, 0.5) is 0 Å². The van der Waals surface area contributed by atoms with Crippen molar-refractivity contribution in [2.75, 3.05) is 39.3 Å². The molecule has 6 nitrogen and oxygen atoms in total. The molecular weight excluding hydrogens is 364 g/mol. The van der Waals surface area contributed by atoms with E-state index in [0.717, 1.165) is 56.3 Å². The second kappa shape index (κ2) is 7.26. The summed E-state index contributed by atoms with van der Waals surface area (Å²) < 4.78 is 5.25. The van der Waals surface area contributed by atoms with Gasteiger partial charge in [0.15, 0.2) is 0 Å². The van der Waals surface area contributed by atoms with Crippen LogP contribution in [0.5, 0.6) is 0 Å². The Morgan fingerprint density at radius 3 is 2.48 bits per heavy atom. The number of aryl methyl sites for hydroxylation is 2. The second-order valence-electron chi connectivity index (χ2n) is 9.10. The highest BCUT2D eigenvalue weighted by atomic mass is 16.5. The number of piperidine rings is 2. The summed E-state index contributed by atoms with van der Waals surface area (Å²) in [5.41, 5.74) is 3.29. The van der Waals surface area contributed by atoms with Crippen molar-refractivity contribution in [3.05, 3.63) is 52.9 Å². The molecule has 1 amide bonds. The second-order valence-corrected chi connectivity index (χ2v) is 9.10. The molecule has 4 saturated heterocycles. The molecule has 4 fully saturated rings. The molecule has 0 saturated carbocycles. The summed E-state index contributed by atoms with van der Waals surface area (Å²) in [6.45, 7) is 10.4. The fourth-order valence-electron chi connectivity index (χ4n) is 5.91. The zero-order chi connectivity index (χ0) is 20.0. The number of benzene rings is 1. The van der Waals surface area contributed by atoms with Gasteiger partial charge in [-0.05, 0) is 25.8 Å². The smallest absolute Gasteiger partial charge is 0.220 e. The van der Waals surface area contributed by atoms with Crippen LogP contribution >= 0.6 is 0 Å². The maximum atomic E-state index is 13.0. The van der Waals surface area contributed by atoms with E-state index in [2.05, 4.69) is 50.6 Å². The van der Waals surface area contributed by atoms with Gasteiger partial charge in [0, 0.05) is 68.6 Å². The Morgan fingerprint density at radius 1 is 1.17 bits per heavy atom. The topological polar surface area (TPSA) is 61.6 Å². The van der Waals surface area contributed by atoms with Gasteiger partial charge in [-0.15, -0.1) is 0 Å². The molecular formula is C23H30N4O2. The van der Waals surface area contributed by atoms with Crippen molar-refractivity contribution in [1.29, 1.82) is 0 Å². The largest absolute Gasteiger partial charge is 0.361 e. The first-order chi connectivity index (χ1) is 14.0. The normalized spacial score (nSPS) is 32.9. The molecule has 6 rings (SSSR count). The molecule has 1 N–H and O–H groups in total. The first kappa shape index (κ1) is 18.8. The van der Waals surface area contributed by atoms with Crippen LogP contribution < -0.4 is 5.32 Å². The quantitative estimate of drug-likeness (QED) is 0.839. The van der Waals surface area contributed by atoms with Gasteiger partial charge >= 0.3 is 0 Å². The Balaban J connectivity index is 1.38. The lowest BCUT2D eigenvalue weighted by molar-refractivity contribution is -0.124. The van der Waals surface area contributed by atoms with E-state index in [0.29, 0.717) is 18.8 Å². The average Bonchev–Trinajstić information content (AvgIpc) is 2.87. The predicted octanol–water partition coefficient (Wildman–Crippen LogP) is 1.91. The highest BCUT2D eigenvalue weighted by Crippen LogP contribution is 2.43. The van der Waals surface area contributed by atoms with Crippen LogP contribution in [0.15, 0.2) is 34.9 Å². The minimum atomic E-state index is -0.0301. The third-order valence-corrected chi connectivity index (χ3v) is 7.24. The summed E-state index contributed by atoms with van der Waals surface area (Å²) >= 11 is 0. The molecule has 29 heavy (non-hydrogen) atoms. The van der Waals surface area contributed by atoms with E-state index in [1.165, 1.54) is 5.56 Å². The van der Waals surface area contributed by atoms with Gasteiger partial charge < -0.3 is 19.6 Å². The minimum absolute atomic E-state index is 0.0301.